The average molecular weight is 557 g/mol. The van der Waals surface area contributed by atoms with Crippen LogP contribution in [-0.2, 0) is 4.79 Å². The molecule has 1 saturated heterocycles. The molecular formula is C30H32N6O5. The van der Waals surface area contributed by atoms with Gasteiger partial charge in [-0.3, -0.25) is 14.4 Å². The lowest BCUT2D eigenvalue weighted by Gasteiger charge is -2.24. The number of ether oxygens (including phenoxy) is 1. The molecular weight excluding hydrogens is 524 g/mol. The van der Waals surface area contributed by atoms with E-state index in [-0.39, 0.29) is 42.4 Å². The van der Waals surface area contributed by atoms with Gasteiger partial charge in [0.05, 0.1) is 23.6 Å². The van der Waals surface area contributed by atoms with E-state index in [2.05, 4.69) is 20.4 Å². The fourth-order valence-corrected chi connectivity index (χ4v) is 5.70. The summed E-state index contributed by atoms with van der Waals surface area (Å²) in [6, 6.07) is 14.7. The van der Waals surface area contributed by atoms with Crippen molar-refractivity contribution in [3.63, 3.8) is 0 Å². The Labute approximate surface area is 236 Å². The van der Waals surface area contributed by atoms with Gasteiger partial charge in [0.2, 0.25) is 5.91 Å². The molecule has 4 aromatic rings. The molecule has 2 atom stereocenters. The second kappa shape index (κ2) is 11.1. The highest BCUT2D eigenvalue weighted by Crippen LogP contribution is 2.35. The molecule has 2 N–H and O–H groups in total. The third-order valence-corrected chi connectivity index (χ3v) is 7.73. The first-order valence-corrected chi connectivity index (χ1v) is 13.8. The molecule has 0 unspecified atom stereocenters. The number of amides is 3. The van der Waals surface area contributed by atoms with Gasteiger partial charge in [-0.25, -0.2) is 4.98 Å². The summed E-state index contributed by atoms with van der Waals surface area (Å²) in [4.78, 5) is 51.3. The molecule has 4 heterocycles. The summed E-state index contributed by atoms with van der Waals surface area (Å²) < 4.78 is 11.1. The van der Waals surface area contributed by atoms with Crippen molar-refractivity contribution < 1.29 is 23.6 Å². The number of nitrogens with zero attached hydrogens (tertiary/aromatic N) is 4. The number of benzene rings is 2. The summed E-state index contributed by atoms with van der Waals surface area (Å²) in [5.74, 6) is 0.807. The highest BCUT2D eigenvalue weighted by Gasteiger charge is 2.41. The molecule has 2 aliphatic rings. The van der Waals surface area contributed by atoms with Crippen molar-refractivity contribution in [1.82, 2.24) is 30.2 Å². The molecule has 6 rings (SSSR count). The molecule has 1 fully saturated rings. The number of likely N-dealkylation sites (tertiary alicyclic amines) is 1. The summed E-state index contributed by atoms with van der Waals surface area (Å²) in [5.41, 5.74) is 3.33. The smallest absolute Gasteiger partial charge is 0.276 e. The Kier molecular flexibility index (Phi) is 7.17. The van der Waals surface area contributed by atoms with Gasteiger partial charge in [-0.2, -0.15) is 0 Å². The first kappa shape index (κ1) is 26.5. The van der Waals surface area contributed by atoms with Gasteiger partial charge in [0.15, 0.2) is 5.69 Å². The van der Waals surface area contributed by atoms with E-state index in [0.29, 0.717) is 49.7 Å². The van der Waals surface area contributed by atoms with Crippen molar-refractivity contribution in [3.8, 4) is 5.75 Å². The molecule has 11 nitrogen and oxygen atoms in total. The van der Waals surface area contributed by atoms with Gasteiger partial charge >= 0.3 is 0 Å². The summed E-state index contributed by atoms with van der Waals surface area (Å²) in [7, 11) is 0. The minimum absolute atomic E-state index is 0.135. The van der Waals surface area contributed by atoms with Crippen LogP contribution in [0.4, 0.5) is 0 Å². The monoisotopic (exact) mass is 556 g/mol. The van der Waals surface area contributed by atoms with Crippen LogP contribution >= 0.6 is 0 Å². The molecule has 212 valence electrons. The van der Waals surface area contributed by atoms with Crippen LogP contribution in [0.15, 0.2) is 53.1 Å². The molecule has 41 heavy (non-hydrogen) atoms. The van der Waals surface area contributed by atoms with Crippen LogP contribution in [-0.4, -0.2) is 82.0 Å². The number of hydrogen-bond acceptors (Lipinski definition) is 7. The van der Waals surface area contributed by atoms with Crippen LogP contribution in [0.1, 0.15) is 50.3 Å². The van der Waals surface area contributed by atoms with Gasteiger partial charge in [0, 0.05) is 50.3 Å². The first-order valence-electron chi connectivity index (χ1n) is 13.8. The van der Waals surface area contributed by atoms with E-state index in [9.17, 15) is 14.4 Å². The number of nitrogens with one attached hydrogen (secondary N) is 2. The first-order chi connectivity index (χ1) is 19.9. The fraction of sp³-hybridized carbons (Fsp3) is 0.367. The van der Waals surface area contributed by atoms with E-state index < -0.39 is 5.92 Å². The number of carbonyl (C=O) groups excluding carboxylic acids is 3. The summed E-state index contributed by atoms with van der Waals surface area (Å²) in [5, 5.41) is 6.89. The van der Waals surface area contributed by atoms with Crippen LogP contribution in [0.2, 0.25) is 0 Å². The lowest BCUT2D eigenvalue weighted by Crippen LogP contribution is -2.42. The Bertz CT molecular complexity index is 1610. The largest absolute Gasteiger partial charge is 0.494 e. The maximum absolute atomic E-state index is 13.6. The third-order valence-electron chi connectivity index (χ3n) is 7.73. The summed E-state index contributed by atoms with van der Waals surface area (Å²) >= 11 is 0. The molecule has 3 amide bonds. The molecule has 2 bridgehead atoms. The van der Waals surface area contributed by atoms with Gasteiger partial charge in [0.25, 0.3) is 11.8 Å². The van der Waals surface area contributed by atoms with Crippen LogP contribution in [0.25, 0.3) is 11.0 Å². The topological polar surface area (TPSA) is 134 Å². The number of imidazole rings is 1. The maximum Gasteiger partial charge on any atom is 0.276 e. The summed E-state index contributed by atoms with van der Waals surface area (Å²) in [6.07, 6.45) is 0.606. The Balaban J connectivity index is 1.24. The zero-order valence-electron chi connectivity index (χ0n) is 23.1. The van der Waals surface area contributed by atoms with E-state index in [1.165, 1.54) is 0 Å². The molecule has 0 radical (unpaired) electrons. The van der Waals surface area contributed by atoms with Crippen molar-refractivity contribution in [3.05, 3.63) is 76.9 Å². The van der Waals surface area contributed by atoms with Crippen LogP contribution in [0, 0.1) is 19.8 Å². The average Bonchev–Trinajstić information content (AvgIpc) is 3.70. The molecule has 2 aromatic heterocycles. The normalized spacial score (nSPS) is 19.8. The van der Waals surface area contributed by atoms with Gasteiger partial charge in [0.1, 0.15) is 17.3 Å². The van der Waals surface area contributed by atoms with Crippen molar-refractivity contribution in [2.75, 3.05) is 39.3 Å². The summed E-state index contributed by atoms with van der Waals surface area (Å²) in [6.45, 7) is 5.73. The van der Waals surface area contributed by atoms with Gasteiger partial charge < -0.3 is 29.4 Å². The van der Waals surface area contributed by atoms with Gasteiger partial charge in [-0.05, 0) is 56.2 Å². The fourth-order valence-electron chi connectivity index (χ4n) is 5.70. The predicted molar refractivity (Wildman–Crippen MR) is 150 cm³/mol. The number of aryl methyl sites for hydroxylation is 2. The number of aromatic nitrogens is 3. The maximum atomic E-state index is 13.6. The number of rotatable bonds is 2. The zero-order chi connectivity index (χ0) is 28.5. The van der Waals surface area contributed by atoms with Crippen molar-refractivity contribution in [2.45, 2.75) is 26.2 Å². The van der Waals surface area contributed by atoms with E-state index in [1.54, 1.807) is 28.9 Å². The van der Waals surface area contributed by atoms with Gasteiger partial charge in [-0.1, -0.05) is 17.3 Å². The second-order valence-electron chi connectivity index (χ2n) is 10.7. The minimum atomic E-state index is -0.461. The number of hydrogen-bond donors (Lipinski definition) is 2. The van der Waals surface area contributed by atoms with E-state index in [0.717, 1.165) is 22.4 Å². The predicted octanol–water partition coefficient (Wildman–Crippen LogP) is 3.06. The molecule has 2 aliphatic heterocycles. The van der Waals surface area contributed by atoms with E-state index >= 15 is 0 Å². The Morgan fingerprint density at radius 2 is 1.83 bits per heavy atom. The van der Waals surface area contributed by atoms with Gasteiger partial charge in [-0.15, -0.1) is 0 Å². The quantitative estimate of drug-likeness (QED) is 0.388. The molecule has 0 saturated carbocycles. The lowest BCUT2D eigenvalue weighted by atomic mass is 9.88. The third kappa shape index (κ3) is 5.52. The van der Waals surface area contributed by atoms with Crippen LogP contribution in [0.5, 0.6) is 5.75 Å². The minimum Gasteiger partial charge on any atom is -0.494 e. The lowest BCUT2D eigenvalue weighted by molar-refractivity contribution is -0.125. The molecule has 11 heteroatoms. The highest BCUT2D eigenvalue weighted by molar-refractivity contribution is 5.98. The Morgan fingerprint density at radius 3 is 2.66 bits per heavy atom. The van der Waals surface area contributed by atoms with E-state index in [4.69, 9.17) is 9.26 Å². The standard InChI is InChI=1S/C30H32N6O5/c1-18-13-27(34-41-18)30(39)35-10-4-12-40-22-6-3-5-20(14-22)23-16-36(17-24(23)28(37)31-9-11-35)29(38)21-7-8-25-26(15-21)33-19(2)32-25/h3,5-8,13-15,23-24H,4,9-12,16-17H2,1-2H3,(H,31,37)(H,32,33)/t23-,24+/m1/s1. The number of carbonyl (C=O) groups is 3. The second-order valence-corrected chi connectivity index (χ2v) is 10.7. The van der Waals surface area contributed by atoms with Crippen molar-refractivity contribution in [1.29, 1.82) is 0 Å². The van der Waals surface area contributed by atoms with Crippen LogP contribution < -0.4 is 10.1 Å². The number of H-pyrrole nitrogens is 1. The highest BCUT2D eigenvalue weighted by atomic mass is 16.5. The molecule has 0 spiro atoms. The number of aromatic amines is 1. The Hall–Kier alpha value is -4.67. The van der Waals surface area contributed by atoms with E-state index in [1.807, 2.05) is 43.3 Å². The zero-order valence-corrected chi connectivity index (χ0v) is 23.1. The molecule has 0 aliphatic carbocycles. The Morgan fingerprint density at radius 1 is 0.976 bits per heavy atom. The molecule has 2 aromatic carbocycles. The van der Waals surface area contributed by atoms with Crippen LogP contribution in [0.3, 0.4) is 0 Å². The SMILES string of the molecule is Cc1nc2ccc(C(=O)N3C[C@@H]4C(=O)NCCN(C(=O)c5cc(C)on5)CCCOc5cccc(c5)[C@H]4C3)cc2[nH]1. The number of fused-ring (bicyclic) bond motifs is 5. The van der Waals surface area contributed by atoms with Crippen molar-refractivity contribution >= 4 is 28.8 Å². The van der Waals surface area contributed by atoms with Crippen molar-refractivity contribution in [2.24, 2.45) is 5.92 Å².